The van der Waals surface area contributed by atoms with Gasteiger partial charge in [0.1, 0.15) is 0 Å². The smallest absolute Gasteiger partial charge is 0.292 e. The number of hydrogen-bond acceptors (Lipinski definition) is 3. The Morgan fingerprint density at radius 3 is 3.17 bits per heavy atom. The molecule has 0 unspecified atom stereocenters. The predicted octanol–water partition coefficient (Wildman–Crippen LogP) is 1.18. The van der Waals surface area contributed by atoms with Crippen molar-refractivity contribution in [1.29, 1.82) is 0 Å². The normalized spacial score (nSPS) is 12.7. The molecule has 5 heteroatoms. The minimum Gasteiger partial charge on any atom is -0.398 e. The number of imidazole rings is 1. The quantitative estimate of drug-likeness (QED) is 0.451. The Hall–Kier alpha value is -2.56. The molecule has 0 fully saturated rings. The van der Waals surface area contributed by atoms with Crippen LogP contribution in [0.3, 0.4) is 0 Å². The third-order valence-electron chi connectivity index (χ3n) is 3.49. The van der Waals surface area contributed by atoms with Gasteiger partial charge in [0.05, 0.1) is 11.4 Å². The van der Waals surface area contributed by atoms with Crippen LogP contribution in [0.5, 0.6) is 0 Å². The summed E-state index contributed by atoms with van der Waals surface area (Å²) in [6.45, 7) is 0. The van der Waals surface area contributed by atoms with Crippen LogP contribution in [0, 0.1) is 0 Å². The van der Waals surface area contributed by atoms with Gasteiger partial charge in [-0.15, -0.1) is 0 Å². The molecule has 3 aromatic rings. The molecule has 0 radical (unpaired) electrons. The molecule has 4 rings (SSSR count). The van der Waals surface area contributed by atoms with E-state index in [1.54, 1.807) is 6.20 Å². The van der Waals surface area contributed by atoms with Crippen LogP contribution < -0.4 is 11.3 Å². The second kappa shape index (κ2) is 3.01. The fourth-order valence-electron chi connectivity index (χ4n) is 2.65. The van der Waals surface area contributed by atoms with Crippen LogP contribution in [0.2, 0.25) is 0 Å². The molecular formula is C13H10N4O. The first-order chi connectivity index (χ1) is 8.75. The summed E-state index contributed by atoms with van der Waals surface area (Å²) in [6, 6.07) is 5.77. The fourth-order valence-corrected chi connectivity index (χ4v) is 2.65. The largest absolute Gasteiger partial charge is 0.398 e. The van der Waals surface area contributed by atoms with Gasteiger partial charge in [0.15, 0.2) is 0 Å². The Labute approximate surface area is 102 Å². The van der Waals surface area contributed by atoms with Gasteiger partial charge >= 0.3 is 0 Å². The van der Waals surface area contributed by atoms with Gasteiger partial charge in [-0.05, 0) is 11.6 Å². The van der Waals surface area contributed by atoms with E-state index < -0.39 is 0 Å². The lowest BCUT2D eigenvalue weighted by atomic mass is 10.1. The molecule has 0 spiro atoms. The van der Waals surface area contributed by atoms with Crippen molar-refractivity contribution in [3.8, 4) is 11.3 Å². The number of aromatic amines is 1. The molecule has 18 heavy (non-hydrogen) atoms. The average Bonchev–Trinajstić information content (AvgIpc) is 2.94. The van der Waals surface area contributed by atoms with Gasteiger partial charge in [-0.25, -0.2) is 4.98 Å². The zero-order valence-corrected chi connectivity index (χ0v) is 9.47. The third kappa shape index (κ3) is 1.01. The number of aromatic nitrogens is 3. The molecule has 1 aliphatic rings. The van der Waals surface area contributed by atoms with Crippen LogP contribution in [0.4, 0.5) is 5.69 Å². The number of nitrogens with zero attached hydrogens (tertiary/aromatic N) is 2. The highest BCUT2D eigenvalue weighted by Gasteiger charge is 2.24. The van der Waals surface area contributed by atoms with Crippen molar-refractivity contribution in [3.63, 3.8) is 0 Å². The van der Waals surface area contributed by atoms with Gasteiger partial charge < -0.3 is 10.7 Å². The summed E-state index contributed by atoms with van der Waals surface area (Å²) in [4.78, 5) is 18.9. The Bertz CT molecular complexity index is 844. The van der Waals surface area contributed by atoms with Crippen molar-refractivity contribution in [1.82, 2.24) is 14.4 Å². The number of nitrogen functional groups attached to an aromatic ring is 1. The van der Waals surface area contributed by atoms with E-state index in [4.69, 9.17) is 5.73 Å². The van der Waals surface area contributed by atoms with E-state index >= 15 is 0 Å². The number of anilines is 1. The fraction of sp³-hybridized carbons (Fsp3) is 0.0769. The Morgan fingerprint density at radius 1 is 1.39 bits per heavy atom. The van der Waals surface area contributed by atoms with Gasteiger partial charge in [-0.1, -0.05) is 12.1 Å². The molecule has 88 valence electrons. The minimum absolute atomic E-state index is 0.172. The lowest BCUT2D eigenvalue weighted by molar-refractivity contribution is 1.00. The molecular weight excluding hydrogens is 228 g/mol. The Balaban J connectivity index is 2.17. The third-order valence-corrected chi connectivity index (χ3v) is 3.49. The zero-order valence-electron chi connectivity index (χ0n) is 9.47. The number of hydrogen-bond donors (Lipinski definition) is 2. The highest BCUT2D eigenvalue weighted by atomic mass is 16.1. The summed E-state index contributed by atoms with van der Waals surface area (Å²) in [7, 11) is 0. The van der Waals surface area contributed by atoms with Crippen LogP contribution in [-0.4, -0.2) is 14.4 Å². The minimum atomic E-state index is -0.172. The predicted molar refractivity (Wildman–Crippen MR) is 68.5 cm³/mol. The van der Waals surface area contributed by atoms with Gasteiger partial charge in [-0.2, -0.15) is 0 Å². The molecule has 0 saturated heterocycles. The van der Waals surface area contributed by atoms with E-state index in [1.807, 2.05) is 28.8 Å². The van der Waals surface area contributed by atoms with Crippen molar-refractivity contribution in [3.05, 3.63) is 52.2 Å². The first kappa shape index (κ1) is 9.47. The first-order valence-electron chi connectivity index (χ1n) is 5.71. The number of fused-ring (bicyclic) bond motifs is 5. The monoisotopic (exact) mass is 238 g/mol. The van der Waals surface area contributed by atoms with E-state index in [0.29, 0.717) is 5.65 Å². The van der Waals surface area contributed by atoms with Crippen molar-refractivity contribution >= 4 is 11.3 Å². The van der Waals surface area contributed by atoms with Crippen LogP contribution in [-0.2, 0) is 6.42 Å². The van der Waals surface area contributed by atoms with Crippen molar-refractivity contribution in [2.75, 3.05) is 5.73 Å². The summed E-state index contributed by atoms with van der Waals surface area (Å²) in [5, 5.41) is 0. The van der Waals surface area contributed by atoms with Gasteiger partial charge in [0.25, 0.3) is 5.56 Å². The number of benzene rings is 1. The van der Waals surface area contributed by atoms with E-state index in [0.717, 1.165) is 34.6 Å². The molecule has 0 aliphatic heterocycles. The molecule has 1 aromatic carbocycles. The van der Waals surface area contributed by atoms with Gasteiger partial charge in [0.2, 0.25) is 5.65 Å². The van der Waals surface area contributed by atoms with Gasteiger partial charge in [-0.3, -0.25) is 9.20 Å². The molecule has 0 bridgehead atoms. The van der Waals surface area contributed by atoms with E-state index in [1.165, 1.54) is 0 Å². The maximum atomic E-state index is 11.9. The maximum Gasteiger partial charge on any atom is 0.292 e. The highest BCUT2D eigenvalue weighted by Crippen LogP contribution is 2.37. The maximum absolute atomic E-state index is 11.9. The van der Waals surface area contributed by atoms with Crippen LogP contribution in [0.25, 0.3) is 16.9 Å². The molecule has 3 N–H and O–H groups in total. The van der Waals surface area contributed by atoms with Crippen molar-refractivity contribution in [2.45, 2.75) is 6.42 Å². The topological polar surface area (TPSA) is 76.2 Å². The second-order valence-electron chi connectivity index (χ2n) is 4.45. The second-order valence-corrected chi connectivity index (χ2v) is 4.45. The standard InChI is InChI=1S/C13H10N4O/c14-9-3-1-2-7-8(9)6-10-11(7)16-13(18)12-15-4-5-17(10)12/h1-5H,6,14H2,(H,16,18). The molecule has 0 atom stereocenters. The number of H-pyrrole nitrogens is 1. The molecule has 2 aromatic heterocycles. The van der Waals surface area contributed by atoms with Crippen molar-refractivity contribution < 1.29 is 0 Å². The van der Waals surface area contributed by atoms with Gasteiger partial charge in [0, 0.05) is 30.1 Å². The Kier molecular flexibility index (Phi) is 1.58. The molecule has 0 amide bonds. The summed E-state index contributed by atoms with van der Waals surface area (Å²) in [6.07, 6.45) is 4.17. The molecule has 2 heterocycles. The van der Waals surface area contributed by atoms with Crippen LogP contribution in [0.1, 0.15) is 11.3 Å². The number of rotatable bonds is 0. The lowest BCUT2D eigenvalue weighted by Gasteiger charge is -2.03. The Morgan fingerprint density at radius 2 is 2.28 bits per heavy atom. The highest BCUT2D eigenvalue weighted by molar-refractivity contribution is 5.78. The summed E-state index contributed by atoms with van der Waals surface area (Å²) < 4.78 is 1.84. The summed E-state index contributed by atoms with van der Waals surface area (Å²) >= 11 is 0. The SMILES string of the molecule is Nc1cccc2c1Cc1c-2[nH]c(=O)c2nccn12. The zero-order chi connectivity index (χ0) is 12.3. The number of nitrogens with one attached hydrogen (secondary N) is 1. The lowest BCUT2D eigenvalue weighted by Crippen LogP contribution is -2.13. The average molecular weight is 238 g/mol. The van der Waals surface area contributed by atoms with Crippen LogP contribution in [0.15, 0.2) is 35.4 Å². The first-order valence-corrected chi connectivity index (χ1v) is 5.71. The molecule has 0 saturated carbocycles. The summed E-state index contributed by atoms with van der Waals surface area (Å²) in [5.41, 5.74) is 11.0. The van der Waals surface area contributed by atoms with Crippen LogP contribution >= 0.6 is 0 Å². The molecule has 5 nitrogen and oxygen atoms in total. The van der Waals surface area contributed by atoms with E-state index in [2.05, 4.69) is 9.97 Å². The van der Waals surface area contributed by atoms with E-state index in [9.17, 15) is 4.79 Å². The van der Waals surface area contributed by atoms with E-state index in [-0.39, 0.29) is 5.56 Å². The summed E-state index contributed by atoms with van der Waals surface area (Å²) in [5.74, 6) is 0. The molecule has 1 aliphatic carbocycles. The number of nitrogens with two attached hydrogens (primary N) is 1. The van der Waals surface area contributed by atoms with Crippen molar-refractivity contribution in [2.24, 2.45) is 0 Å².